The number of anilines is 1. The summed E-state index contributed by atoms with van der Waals surface area (Å²) in [5.41, 5.74) is 5.07. The number of methoxy groups -OCH3 is 1. The largest absolute Gasteiger partial charge is 0.497 e. The molecular formula is C30H33N5O2. The number of rotatable bonds is 8. The van der Waals surface area contributed by atoms with Gasteiger partial charge in [-0.3, -0.25) is 14.4 Å². The number of benzene rings is 3. The maximum absolute atomic E-state index is 13.6. The number of carbonyl (C=O) groups excluding carboxylic acids is 1. The van der Waals surface area contributed by atoms with Crippen LogP contribution in [0.25, 0.3) is 11.3 Å². The van der Waals surface area contributed by atoms with Gasteiger partial charge < -0.3 is 15.0 Å². The molecule has 1 aliphatic heterocycles. The number of carbonyl (C=O) groups is 1. The summed E-state index contributed by atoms with van der Waals surface area (Å²) in [4.78, 5) is 18.4. The smallest absolute Gasteiger partial charge is 0.259 e. The van der Waals surface area contributed by atoms with Gasteiger partial charge in [-0.2, -0.15) is 5.10 Å². The van der Waals surface area contributed by atoms with Gasteiger partial charge in [-0.25, -0.2) is 0 Å². The van der Waals surface area contributed by atoms with Crippen LogP contribution in [0.3, 0.4) is 0 Å². The van der Waals surface area contributed by atoms with Gasteiger partial charge >= 0.3 is 0 Å². The van der Waals surface area contributed by atoms with Crippen LogP contribution in [-0.2, 0) is 13.1 Å². The van der Waals surface area contributed by atoms with Crippen LogP contribution in [-0.4, -0.2) is 65.8 Å². The number of ether oxygens (including phenoxy) is 1. The highest BCUT2D eigenvalue weighted by Gasteiger charge is 2.20. The average molecular weight is 496 g/mol. The van der Waals surface area contributed by atoms with Gasteiger partial charge in [0.25, 0.3) is 5.91 Å². The Hall–Kier alpha value is -3.94. The molecular weight excluding hydrogens is 462 g/mol. The second-order valence-electron chi connectivity index (χ2n) is 9.54. The van der Waals surface area contributed by atoms with Crippen LogP contribution in [0.2, 0.25) is 0 Å². The number of amides is 1. The molecule has 3 aromatic carbocycles. The van der Waals surface area contributed by atoms with Crippen LogP contribution in [0.15, 0.2) is 85.1 Å². The molecule has 1 saturated heterocycles. The molecule has 37 heavy (non-hydrogen) atoms. The van der Waals surface area contributed by atoms with Crippen molar-refractivity contribution in [2.45, 2.75) is 13.1 Å². The van der Waals surface area contributed by atoms with Crippen molar-refractivity contribution in [3.8, 4) is 17.0 Å². The van der Waals surface area contributed by atoms with Crippen LogP contribution >= 0.6 is 0 Å². The van der Waals surface area contributed by atoms with Crippen molar-refractivity contribution in [3.05, 3.63) is 102 Å². The second kappa shape index (κ2) is 11.4. The summed E-state index contributed by atoms with van der Waals surface area (Å²) < 4.78 is 7.24. The van der Waals surface area contributed by atoms with Crippen LogP contribution in [0.5, 0.6) is 5.75 Å². The Labute approximate surface area is 218 Å². The molecule has 1 fully saturated rings. The normalized spacial score (nSPS) is 14.4. The summed E-state index contributed by atoms with van der Waals surface area (Å²) in [5.74, 6) is 0.534. The molecule has 7 nitrogen and oxygen atoms in total. The van der Waals surface area contributed by atoms with Crippen molar-refractivity contribution in [3.63, 3.8) is 0 Å². The van der Waals surface area contributed by atoms with E-state index < -0.39 is 0 Å². The predicted octanol–water partition coefficient (Wildman–Crippen LogP) is 4.61. The van der Waals surface area contributed by atoms with Gasteiger partial charge in [0.1, 0.15) is 11.4 Å². The molecule has 1 N–H and O–H groups in total. The summed E-state index contributed by atoms with van der Waals surface area (Å²) in [7, 11) is 3.80. The summed E-state index contributed by atoms with van der Waals surface area (Å²) in [6.07, 6.45) is 1.82. The molecule has 7 heteroatoms. The number of likely N-dealkylation sites (N-methyl/N-ethyl adjacent to an activating group) is 1. The van der Waals surface area contributed by atoms with Crippen molar-refractivity contribution in [1.82, 2.24) is 19.6 Å². The van der Waals surface area contributed by atoms with E-state index in [1.807, 2.05) is 65.5 Å². The van der Waals surface area contributed by atoms with Gasteiger partial charge in [-0.05, 0) is 42.4 Å². The molecule has 0 radical (unpaired) electrons. The summed E-state index contributed by atoms with van der Waals surface area (Å²) in [5, 5.41) is 7.91. The van der Waals surface area contributed by atoms with E-state index >= 15 is 0 Å². The molecule has 5 rings (SSSR count). The van der Waals surface area contributed by atoms with E-state index in [1.54, 1.807) is 7.11 Å². The highest BCUT2D eigenvalue weighted by atomic mass is 16.5. The molecule has 0 aliphatic carbocycles. The fraction of sp³-hybridized carbons (Fsp3) is 0.267. The molecule has 0 spiro atoms. The summed E-state index contributed by atoms with van der Waals surface area (Å²) in [6.45, 7) is 5.72. The second-order valence-corrected chi connectivity index (χ2v) is 9.54. The first-order chi connectivity index (χ1) is 18.1. The lowest BCUT2D eigenvalue weighted by Crippen LogP contribution is -2.43. The first-order valence-electron chi connectivity index (χ1n) is 12.6. The Morgan fingerprint density at radius 1 is 0.892 bits per heavy atom. The monoisotopic (exact) mass is 495 g/mol. The van der Waals surface area contributed by atoms with Crippen LogP contribution in [0, 0.1) is 0 Å². The van der Waals surface area contributed by atoms with Crippen molar-refractivity contribution < 1.29 is 9.53 Å². The van der Waals surface area contributed by atoms with Crippen molar-refractivity contribution >= 4 is 11.6 Å². The Bertz CT molecular complexity index is 1340. The van der Waals surface area contributed by atoms with Gasteiger partial charge in [-0.15, -0.1) is 0 Å². The van der Waals surface area contributed by atoms with Crippen molar-refractivity contribution in [2.75, 3.05) is 45.7 Å². The average Bonchev–Trinajstić information content (AvgIpc) is 3.35. The molecule has 1 aromatic heterocycles. The molecule has 0 saturated carbocycles. The molecule has 4 aromatic rings. The first-order valence-corrected chi connectivity index (χ1v) is 12.6. The van der Waals surface area contributed by atoms with E-state index in [0.29, 0.717) is 17.8 Å². The van der Waals surface area contributed by atoms with E-state index in [9.17, 15) is 4.79 Å². The Balaban J connectivity index is 1.38. The molecule has 0 bridgehead atoms. The van der Waals surface area contributed by atoms with Gasteiger partial charge in [-0.1, -0.05) is 54.6 Å². The van der Waals surface area contributed by atoms with Gasteiger partial charge in [0, 0.05) is 50.2 Å². The molecule has 0 unspecified atom stereocenters. The summed E-state index contributed by atoms with van der Waals surface area (Å²) >= 11 is 0. The number of nitrogens with one attached hydrogen (secondary N) is 1. The van der Waals surface area contributed by atoms with Gasteiger partial charge in [0.15, 0.2) is 0 Å². The van der Waals surface area contributed by atoms with Crippen LogP contribution < -0.4 is 10.1 Å². The minimum atomic E-state index is -0.186. The maximum atomic E-state index is 13.6. The van der Waals surface area contributed by atoms with Crippen LogP contribution in [0.4, 0.5) is 5.69 Å². The highest BCUT2D eigenvalue weighted by molar-refractivity contribution is 6.08. The van der Waals surface area contributed by atoms with E-state index in [0.717, 1.165) is 55.3 Å². The molecule has 190 valence electrons. The Morgan fingerprint density at radius 3 is 2.43 bits per heavy atom. The lowest BCUT2D eigenvalue weighted by Gasteiger charge is -2.32. The number of hydrogen-bond acceptors (Lipinski definition) is 5. The van der Waals surface area contributed by atoms with Crippen LogP contribution in [0.1, 0.15) is 21.5 Å². The number of hydrogen-bond donors (Lipinski definition) is 1. The van der Waals surface area contributed by atoms with E-state index in [-0.39, 0.29) is 5.91 Å². The number of nitrogens with zero attached hydrogens (tertiary/aromatic N) is 4. The Morgan fingerprint density at radius 2 is 1.65 bits per heavy atom. The van der Waals surface area contributed by atoms with Crippen molar-refractivity contribution in [1.29, 1.82) is 0 Å². The minimum Gasteiger partial charge on any atom is -0.497 e. The third kappa shape index (κ3) is 6.25. The molecule has 0 atom stereocenters. The predicted molar refractivity (Wildman–Crippen MR) is 147 cm³/mol. The zero-order valence-electron chi connectivity index (χ0n) is 21.4. The van der Waals surface area contributed by atoms with Gasteiger partial charge in [0.05, 0.1) is 19.2 Å². The van der Waals surface area contributed by atoms with E-state index in [2.05, 4.69) is 46.4 Å². The fourth-order valence-corrected chi connectivity index (χ4v) is 4.63. The topological polar surface area (TPSA) is 62.6 Å². The minimum absolute atomic E-state index is 0.186. The lowest BCUT2D eigenvalue weighted by molar-refractivity contribution is 0.102. The summed E-state index contributed by atoms with van der Waals surface area (Å²) in [6, 6.07) is 25.9. The fourth-order valence-electron chi connectivity index (χ4n) is 4.63. The van der Waals surface area contributed by atoms with E-state index in [1.165, 1.54) is 5.56 Å². The Kier molecular flexibility index (Phi) is 7.63. The number of piperazine rings is 1. The zero-order chi connectivity index (χ0) is 25.6. The third-order valence-corrected chi connectivity index (χ3v) is 6.72. The first kappa shape index (κ1) is 24.7. The number of aromatic nitrogens is 2. The standard InChI is InChI=1S/C30H33N5O2/c1-33-14-16-34(17-15-33)20-24-10-6-12-26(18-24)31-30(36)28-22-35(21-23-8-4-3-5-9-23)32-29(28)25-11-7-13-27(19-25)37-2/h3-13,18-19,22H,14-17,20-21H2,1-2H3,(H,31,36). The third-order valence-electron chi connectivity index (χ3n) is 6.72. The SMILES string of the molecule is COc1cccc(-c2nn(Cc3ccccc3)cc2C(=O)Nc2cccc(CN3CCN(C)CC3)c2)c1. The molecule has 1 amide bonds. The maximum Gasteiger partial charge on any atom is 0.259 e. The highest BCUT2D eigenvalue weighted by Crippen LogP contribution is 2.27. The van der Waals surface area contributed by atoms with E-state index in [4.69, 9.17) is 9.84 Å². The zero-order valence-corrected chi connectivity index (χ0v) is 21.4. The van der Waals surface area contributed by atoms with Gasteiger partial charge in [0.2, 0.25) is 0 Å². The van der Waals surface area contributed by atoms with Crippen molar-refractivity contribution in [2.24, 2.45) is 0 Å². The molecule has 1 aliphatic rings. The molecule has 2 heterocycles. The lowest BCUT2D eigenvalue weighted by atomic mass is 10.1. The quantitative estimate of drug-likeness (QED) is 0.387.